The molecule has 0 aliphatic carbocycles. The number of carbonyl (C=O) groups is 1. The van der Waals surface area contributed by atoms with Crippen LogP contribution in [0.4, 0.5) is 5.69 Å². The third-order valence-corrected chi connectivity index (χ3v) is 6.62. The van der Waals surface area contributed by atoms with Crippen LogP contribution in [0.25, 0.3) is 0 Å². The van der Waals surface area contributed by atoms with Crippen LogP contribution >= 0.6 is 35.0 Å². The van der Waals surface area contributed by atoms with Gasteiger partial charge < -0.3 is 19.3 Å². The summed E-state index contributed by atoms with van der Waals surface area (Å²) in [5, 5.41) is 0. The van der Waals surface area contributed by atoms with Gasteiger partial charge >= 0.3 is 0 Å². The molecule has 3 rings (SSSR count). The van der Waals surface area contributed by atoms with Crippen molar-refractivity contribution in [2.75, 3.05) is 38.8 Å². The van der Waals surface area contributed by atoms with Crippen LogP contribution in [0.1, 0.15) is 31.7 Å². The Kier molecular flexibility index (Phi) is 10.4. The second-order valence-electron chi connectivity index (χ2n) is 7.57. The van der Waals surface area contributed by atoms with E-state index in [0.29, 0.717) is 6.42 Å². The van der Waals surface area contributed by atoms with Crippen molar-refractivity contribution < 1.29 is 14.3 Å². The predicted molar refractivity (Wildman–Crippen MR) is 137 cm³/mol. The standard InChI is InChI=1S/C24H31IN2O3.ClH/c1-4-24(28)27(19-8-6-5-7-9-19)20-11-14-26(15-12-20)13-10-18-16-23(30-3)21(25)17-22(18)29-2;/h5-9,16-17,20H,4,10-15H2,1-3H3;1H. The Morgan fingerprint density at radius 2 is 1.74 bits per heavy atom. The highest BCUT2D eigenvalue weighted by Crippen LogP contribution is 2.31. The lowest BCUT2D eigenvalue weighted by Crippen LogP contribution is -2.47. The minimum Gasteiger partial charge on any atom is -0.496 e. The van der Waals surface area contributed by atoms with E-state index in [9.17, 15) is 4.79 Å². The van der Waals surface area contributed by atoms with Gasteiger partial charge in [0, 0.05) is 37.8 Å². The molecule has 31 heavy (non-hydrogen) atoms. The average molecular weight is 559 g/mol. The normalized spacial score (nSPS) is 14.6. The lowest BCUT2D eigenvalue weighted by Gasteiger charge is -2.38. The molecule has 1 fully saturated rings. The molecule has 0 unspecified atom stereocenters. The zero-order valence-electron chi connectivity index (χ0n) is 18.5. The Morgan fingerprint density at radius 1 is 1.10 bits per heavy atom. The molecular weight excluding hydrogens is 527 g/mol. The summed E-state index contributed by atoms with van der Waals surface area (Å²) in [4.78, 5) is 17.2. The van der Waals surface area contributed by atoms with Gasteiger partial charge in [0.2, 0.25) is 5.91 Å². The molecule has 7 heteroatoms. The number of halogens is 2. The maximum Gasteiger partial charge on any atom is 0.226 e. The zero-order chi connectivity index (χ0) is 21.5. The third-order valence-electron chi connectivity index (χ3n) is 5.78. The van der Waals surface area contributed by atoms with Crippen molar-refractivity contribution in [1.82, 2.24) is 4.90 Å². The molecule has 1 saturated heterocycles. The summed E-state index contributed by atoms with van der Waals surface area (Å²) in [7, 11) is 3.42. The largest absolute Gasteiger partial charge is 0.496 e. The monoisotopic (exact) mass is 558 g/mol. The topological polar surface area (TPSA) is 42.0 Å². The number of methoxy groups -OCH3 is 2. The van der Waals surface area contributed by atoms with Gasteiger partial charge in [0.25, 0.3) is 0 Å². The second kappa shape index (κ2) is 12.5. The molecule has 1 heterocycles. The molecule has 170 valence electrons. The van der Waals surface area contributed by atoms with E-state index in [4.69, 9.17) is 9.47 Å². The summed E-state index contributed by atoms with van der Waals surface area (Å²) >= 11 is 2.27. The molecule has 2 aromatic carbocycles. The molecule has 0 radical (unpaired) electrons. The maximum absolute atomic E-state index is 12.6. The van der Waals surface area contributed by atoms with Gasteiger partial charge in [-0.05, 0) is 71.7 Å². The number of hydrogen-bond acceptors (Lipinski definition) is 4. The summed E-state index contributed by atoms with van der Waals surface area (Å²) in [6, 6.07) is 14.5. The lowest BCUT2D eigenvalue weighted by atomic mass is 10.0. The van der Waals surface area contributed by atoms with Gasteiger partial charge in [-0.3, -0.25) is 4.79 Å². The summed E-state index contributed by atoms with van der Waals surface area (Å²) < 4.78 is 12.1. The van der Waals surface area contributed by atoms with Gasteiger partial charge in [-0.2, -0.15) is 0 Å². The number of amides is 1. The van der Waals surface area contributed by atoms with E-state index >= 15 is 0 Å². The van der Waals surface area contributed by atoms with Crippen molar-refractivity contribution in [3.05, 3.63) is 51.6 Å². The number of ether oxygens (including phenoxy) is 2. The van der Waals surface area contributed by atoms with Crippen molar-refractivity contribution in [2.45, 2.75) is 38.6 Å². The van der Waals surface area contributed by atoms with Crippen LogP contribution < -0.4 is 14.4 Å². The van der Waals surface area contributed by atoms with Gasteiger partial charge in [-0.25, -0.2) is 0 Å². The highest BCUT2D eigenvalue weighted by molar-refractivity contribution is 14.1. The SMILES string of the molecule is CCC(=O)N(c1ccccc1)C1CCN(CCc2cc(OC)c(I)cc2OC)CC1.Cl. The Bertz CT molecular complexity index is 842. The maximum atomic E-state index is 12.6. The first kappa shape index (κ1) is 25.7. The van der Waals surface area contributed by atoms with E-state index < -0.39 is 0 Å². The quantitative estimate of drug-likeness (QED) is 0.419. The van der Waals surface area contributed by atoms with E-state index in [1.165, 1.54) is 5.56 Å². The number of nitrogens with zero attached hydrogens (tertiary/aromatic N) is 2. The Hall–Kier alpha value is -1.51. The average Bonchev–Trinajstić information content (AvgIpc) is 2.79. The Balaban J connectivity index is 0.00000341. The van der Waals surface area contributed by atoms with Crippen molar-refractivity contribution in [3.63, 3.8) is 0 Å². The van der Waals surface area contributed by atoms with Crippen molar-refractivity contribution in [3.8, 4) is 11.5 Å². The lowest BCUT2D eigenvalue weighted by molar-refractivity contribution is -0.119. The van der Waals surface area contributed by atoms with Gasteiger partial charge in [-0.15, -0.1) is 12.4 Å². The summed E-state index contributed by atoms with van der Waals surface area (Å²) in [6.07, 6.45) is 3.43. The van der Waals surface area contributed by atoms with E-state index in [2.05, 4.69) is 33.6 Å². The van der Waals surface area contributed by atoms with Crippen molar-refractivity contribution in [2.24, 2.45) is 0 Å². The number of para-hydroxylation sites is 1. The molecular formula is C24H32ClIN2O3. The van der Waals surface area contributed by atoms with E-state index in [0.717, 1.165) is 59.7 Å². The number of rotatable bonds is 8. The van der Waals surface area contributed by atoms with Crippen LogP contribution in [0.2, 0.25) is 0 Å². The van der Waals surface area contributed by atoms with E-state index in [1.54, 1.807) is 14.2 Å². The third kappa shape index (κ3) is 6.49. The number of piperidine rings is 1. The summed E-state index contributed by atoms with van der Waals surface area (Å²) in [6.45, 7) is 4.90. The number of carbonyl (C=O) groups excluding carboxylic acids is 1. The second-order valence-corrected chi connectivity index (χ2v) is 8.74. The highest BCUT2D eigenvalue weighted by atomic mass is 127. The predicted octanol–water partition coefficient (Wildman–Crippen LogP) is 5.18. The summed E-state index contributed by atoms with van der Waals surface area (Å²) in [5.41, 5.74) is 2.18. The number of likely N-dealkylation sites (tertiary alicyclic amines) is 1. The molecule has 2 aromatic rings. The van der Waals surface area contributed by atoms with Crippen LogP contribution in [0, 0.1) is 3.57 Å². The van der Waals surface area contributed by atoms with Crippen molar-refractivity contribution >= 4 is 46.6 Å². The van der Waals surface area contributed by atoms with Crippen LogP contribution in [-0.4, -0.2) is 50.7 Å². The Labute approximate surface area is 205 Å². The molecule has 5 nitrogen and oxygen atoms in total. The fourth-order valence-electron chi connectivity index (χ4n) is 4.12. The molecule has 0 atom stereocenters. The van der Waals surface area contributed by atoms with Crippen LogP contribution in [-0.2, 0) is 11.2 Å². The molecule has 1 aliphatic rings. The molecule has 0 bridgehead atoms. The van der Waals surface area contributed by atoms with Gasteiger partial charge in [-0.1, -0.05) is 25.1 Å². The molecule has 0 spiro atoms. The minimum atomic E-state index is 0. The van der Waals surface area contributed by atoms with Gasteiger partial charge in [0.1, 0.15) is 11.5 Å². The molecule has 0 N–H and O–H groups in total. The number of hydrogen-bond donors (Lipinski definition) is 0. The highest BCUT2D eigenvalue weighted by Gasteiger charge is 2.28. The van der Waals surface area contributed by atoms with Crippen LogP contribution in [0.5, 0.6) is 11.5 Å². The molecule has 1 aliphatic heterocycles. The summed E-state index contributed by atoms with van der Waals surface area (Å²) in [5.74, 6) is 2.01. The fourth-order valence-corrected chi connectivity index (χ4v) is 4.77. The number of benzene rings is 2. The number of anilines is 1. The Morgan fingerprint density at radius 3 is 2.32 bits per heavy atom. The van der Waals surface area contributed by atoms with Crippen LogP contribution in [0.15, 0.2) is 42.5 Å². The molecule has 0 saturated carbocycles. The first-order valence-electron chi connectivity index (χ1n) is 10.6. The molecule has 1 amide bonds. The minimum absolute atomic E-state index is 0. The zero-order valence-corrected chi connectivity index (χ0v) is 21.4. The smallest absolute Gasteiger partial charge is 0.226 e. The molecule has 0 aromatic heterocycles. The van der Waals surface area contributed by atoms with Gasteiger partial charge in [0.05, 0.1) is 17.8 Å². The first-order valence-corrected chi connectivity index (χ1v) is 11.6. The van der Waals surface area contributed by atoms with Crippen LogP contribution in [0.3, 0.4) is 0 Å². The van der Waals surface area contributed by atoms with Crippen molar-refractivity contribution in [1.29, 1.82) is 0 Å². The fraction of sp³-hybridized carbons (Fsp3) is 0.458. The van der Waals surface area contributed by atoms with E-state index in [-0.39, 0.29) is 24.4 Å². The van der Waals surface area contributed by atoms with Gasteiger partial charge in [0.15, 0.2) is 0 Å². The van der Waals surface area contributed by atoms with E-state index in [1.807, 2.05) is 48.2 Å². The first-order chi connectivity index (χ1) is 14.6.